The standard InChI is InChI=1S/C15H18N2O3/c1-10(2)11(3)17-14(18)9-20-15(19)13-6-4-12(8-16)5-7-13/h4-7,10-11H,9H2,1-3H3,(H,17,18)/t11-/m0/s1. The fourth-order valence-electron chi connectivity index (χ4n) is 1.36. The van der Waals surface area contributed by atoms with Crippen molar-refractivity contribution in [3.63, 3.8) is 0 Å². The molecule has 0 aliphatic carbocycles. The van der Waals surface area contributed by atoms with E-state index in [2.05, 4.69) is 5.32 Å². The van der Waals surface area contributed by atoms with Gasteiger partial charge in [0.15, 0.2) is 6.61 Å². The molecule has 0 bridgehead atoms. The van der Waals surface area contributed by atoms with Crippen LogP contribution in [0.25, 0.3) is 0 Å². The third kappa shape index (κ3) is 4.73. The van der Waals surface area contributed by atoms with Gasteiger partial charge in [0.25, 0.3) is 5.91 Å². The minimum atomic E-state index is -0.582. The monoisotopic (exact) mass is 274 g/mol. The van der Waals surface area contributed by atoms with Gasteiger partial charge in [-0.1, -0.05) is 13.8 Å². The Morgan fingerprint density at radius 1 is 1.25 bits per heavy atom. The zero-order chi connectivity index (χ0) is 15.1. The number of hydrogen-bond acceptors (Lipinski definition) is 4. The van der Waals surface area contributed by atoms with Gasteiger partial charge < -0.3 is 10.1 Å². The first kappa shape index (κ1) is 15.7. The number of rotatable bonds is 5. The molecule has 0 saturated carbocycles. The number of hydrogen-bond donors (Lipinski definition) is 1. The molecule has 1 amide bonds. The lowest BCUT2D eigenvalue weighted by Crippen LogP contribution is -2.38. The van der Waals surface area contributed by atoms with Crippen LogP contribution in [0.5, 0.6) is 0 Å². The molecule has 1 atom stereocenters. The van der Waals surface area contributed by atoms with Crippen LogP contribution >= 0.6 is 0 Å². The zero-order valence-electron chi connectivity index (χ0n) is 11.8. The van der Waals surface area contributed by atoms with Crippen LogP contribution in [0.1, 0.15) is 36.7 Å². The minimum Gasteiger partial charge on any atom is -0.452 e. The number of carbonyl (C=O) groups excluding carboxylic acids is 2. The molecule has 1 aromatic carbocycles. The van der Waals surface area contributed by atoms with Gasteiger partial charge in [-0.15, -0.1) is 0 Å². The molecule has 5 nitrogen and oxygen atoms in total. The summed E-state index contributed by atoms with van der Waals surface area (Å²) in [5.41, 5.74) is 0.777. The van der Waals surface area contributed by atoms with Gasteiger partial charge in [0.2, 0.25) is 0 Å². The Kier molecular flexibility index (Phi) is 5.73. The molecule has 0 radical (unpaired) electrons. The number of esters is 1. The molecule has 0 heterocycles. The SMILES string of the molecule is CC(C)[C@H](C)NC(=O)COC(=O)c1ccc(C#N)cc1. The minimum absolute atomic E-state index is 0.0242. The maximum atomic E-state index is 11.7. The smallest absolute Gasteiger partial charge is 0.338 e. The third-order valence-corrected chi connectivity index (χ3v) is 2.97. The fourth-order valence-corrected chi connectivity index (χ4v) is 1.36. The summed E-state index contributed by atoms with van der Waals surface area (Å²) in [6.07, 6.45) is 0. The Morgan fingerprint density at radius 3 is 2.35 bits per heavy atom. The average Bonchev–Trinajstić information content (AvgIpc) is 2.44. The summed E-state index contributed by atoms with van der Waals surface area (Å²) in [6, 6.07) is 8.03. The molecule has 0 saturated heterocycles. The molecule has 1 aromatic rings. The molecule has 0 aliphatic rings. The number of benzene rings is 1. The highest BCUT2D eigenvalue weighted by molar-refractivity contribution is 5.91. The highest BCUT2D eigenvalue weighted by Gasteiger charge is 2.13. The number of nitrogens with one attached hydrogen (secondary N) is 1. The predicted octanol–water partition coefficient (Wildman–Crippen LogP) is 1.88. The molecule has 106 valence electrons. The number of nitrogens with zero attached hydrogens (tertiary/aromatic N) is 1. The number of carbonyl (C=O) groups is 2. The van der Waals surface area contributed by atoms with Crippen LogP contribution in [0, 0.1) is 17.2 Å². The van der Waals surface area contributed by atoms with Crippen molar-refractivity contribution in [2.75, 3.05) is 6.61 Å². The van der Waals surface area contributed by atoms with E-state index in [0.717, 1.165) is 0 Å². The molecule has 0 unspecified atom stereocenters. The van der Waals surface area contributed by atoms with Crippen molar-refractivity contribution in [2.24, 2.45) is 5.92 Å². The Labute approximate surface area is 118 Å². The lowest BCUT2D eigenvalue weighted by Gasteiger charge is -2.17. The Hall–Kier alpha value is -2.35. The van der Waals surface area contributed by atoms with E-state index in [9.17, 15) is 9.59 Å². The Balaban J connectivity index is 2.46. The summed E-state index contributed by atoms with van der Waals surface area (Å²) in [7, 11) is 0. The van der Waals surface area contributed by atoms with Crippen LogP contribution < -0.4 is 5.32 Å². The maximum absolute atomic E-state index is 11.7. The van der Waals surface area contributed by atoms with E-state index in [-0.39, 0.29) is 18.6 Å². The molecule has 1 N–H and O–H groups in total. The largest absolute Gasteiger partial charge is 0.452 e. The molecular weight excluding hydrogens is 256 g/mol. The Morgan fingerprint density at radius 2 is 1.85 bits per heavy atom. The van der Waals surface area contributed by atoms with Crippen LogP contribution in [0.2, 0.25) is 0 Å². The van der Waals surface area contributed by atoms with Crippen LogP contribution in [0.4, 0.5) is 0 Å². The zero-order valence-corrected chi connectivity index (χ0v) is 11.8. The fraction of sp³-hybridized carbons (Fsp3) is 0.400. The van der Waals surface area contributed by atoms with Crippen molar-refractivity contribution >= 4 is 11.9 Å². The highest BCUT2D eigenvalue weighted by Crippen LogP contribution is 2.05. The molecule has 1 rings (SSSR count). The second-order valence-electron chi connectivity index (χ2n) is 4.87. The van der Waals surface area contributed by atoms with Gasteiger partial charge in [0.1, 0.15) is 0 Å². The summed E-state index contributed by atoms with van der Waals surface area (Å²) in [6.45, 7) is 5.57. The number of ether oxygens (including phenoxy) is 1. The van der Waals surface area contributed by atoms with Gasteiger partial charge in [-0.2, -0.15) is 5.26 Å². The maximum Gasteiger partial charge on any atom is 0.338 e. The van der Waals surface area contributed by atoms with Crippen molar-refractivity contribution in [1.29, 1.82) is 5.26 Å². The van der Waals surface area contributed by atoms with Gasteiger partial charge in [0.05, 0.1) is 17.2 Å². The summed E-state index contributed by atoms with van der Waals surface area (Å²) in [5, 5.41) is 11.4. The van der Waals surface area contributed by atoms with Crippen LogP contribution in [0.15, 0.2) is 24.3 Å². The quantitative estimate of drug-likeness (QED) is 0.831. The van der Waals surface area contributed by atoms with Crippen LogP contribution in [0.3, 0.4) is 0 Å². The second-order valence-corrected chi connectivity index (χ2v) is 4.87. The highest BCUT2D eigenvalue weighted by atomic mass is 16.5. The first-order chi connectivity index (χ1) is 9.43. The topological polar surface area (TPSA) is 79.2 Å². The van der Waals surface area contributed by atoms with Crippen molar-refractivity contribution in [1.82, 2.24) is 5.32 Å². The molecule has 0 aliphatic heterocycles. The van der Waals surface area contributed by atoms with E-state index in [4.69, 9.17) is 10.00 Å². The first-order valence-electron chi connectivity index (χ1n) is 6.40. The second kappa shape index (κ2) is 7.29. The van der Waals surface area contributed by atoms with Crippen molar-refractivity contribution in [3.05, 3.63) is 35.4 Å². The summed E-state index contributed by atoms with van der Waals surface area (Å²) in [5.74, 6) is -0.594. The lowest BCUT2D eigenvalue weighted by atomic mass is 10.1. The predicted molar refractivity (Wildman–Crippen MR) is 73.9 cm³/mol. The molecule has 5 heteroatoms. The van der Waals surface area contributed by atoms with Crippen LogP contribution in [-0.4, -0.2) is 24.5 Å². The summed E-state index contributed by atoms with van der Waals surface area (Å²) >= 11 is 0. The van der Waals surface area contributed by atoms with Gasteiger partial charge >= 0.3 is 5.97 Å². The van der Waals surface area contributed by atoms with Crippen molar-refractivity contribution < 1.29 is 14.3 Å². The first-order valence-corrected chi connectivity index (χ1v) is 6.40. The van der Waals surface area contributed by atoms with E-state index in [1.807, 2.05) is 26.8 Å². The van der Waals surface area contributed by atoms with Gasteiger partial charge in [0, 0.05) is 6.04 Å². The molecule has 0 spiro atoms. The van der Waals surface area contributed by atoms with Crippen LogP contribution in [-0.2, 0) is 9.53 Å². The van der Waals surface area contributed by atoms with Gasteiger partial charge in [-0.3, -0.25) is 4.79 Å². The molecule has 0 aromatic heterocycles. The average molecular weight is 274 g/mol. The summed E-state index contributed by atoms with van der Waals surface area (Å²) in [4.78, 5) is 23.2. The van der Waals surface area contributed by atoms with Gasteiger partial charge in [-0.05, 0) is 37.1 Å². The number of nitriles is 1. The third-order valence-electron chi connectivity index (χ3n) is 2.97. The van der Waals surface area contributed by atoms with E-state index < -0.39 is 5.97 Å². The molecular formula is C15H18N2O3. The normalized spacial score (nSPS) is 11.6. The van der Waals surface area contributed by atoms with Crippen molar-refractivity contribution in [2.45, 2.75) is 26.8 Å². The summed E-state index contributed by atoms with van der Waals surface area (Å²) < 4.78 is 4.91. The van der Waals surface area contributed by atoms with E-state index in [0.29, 0.717) is 17.0 Å². The lowest BCUT2D eigenvalue weighted by molar-refractivity contribution is -0.125. The number of amides is 1. The molecule has 20 heavy (non-hydrogen) atoms. The van der Waals surface area contributed by atoms with E-state index in [1.54, 1.807) is 0 Å². The molecule has 0 fully saturated rings. The van der Waals surface area contributed by atoms with E-state index in [1.165, 1.54) is 24.3 Å². The van der Waals surface area contributed by atoms with E-state index >= 15 is 0 Å². The van der Waals surface area contributed by atoms with Gasteiger partial charge in [-0.25, -0.2) is 4.79 Å². The Bertz CT molecular complexity index is 515. The van der Waals surface area contributed by atoms with Crippen molar-refractivity contribution in [3.8, 4) is 6.07 Å².